The zero-order chi connectivity index (χ0) is 37.7. The smallest absolute Gasteiger partial charge is 0.126 e. The van der Waals surface area contributed by atoms with Gasteiger partial charge in [0.15, 0.2) is 0 Å². The summed E-state index contributed by atoms with van der Waals surface area (Å²) < 4.78 is 7.37. The van der Waals surface area contributed by atoms with Gasteiger partial charge < -0.3 is 14.5 Å². The van der Waals surface area contributed by atoms with Gasteiger partial charge in [0.05, 0.1) is 6.04 Å². The van der Waals surface area contributed by atoms with Crippen molar-refractivity contribution in [3.05, 3.63) is 138 Å². The highest BCUT2D eigenvalue weighted by Crippen LogP contribution is 2.56. The molecule has 3 heteroatoms. The molecule has 8 aliphatic carbocycles. The number of fused-ring (bicyclic) bond motifs is 6. The van der Waals surface area contributed by atoms with Gasteiger partial charge in [-0.25, -0.2) is 0 Å². The lowest BCUT2D eigenvalue weighted by Crippen LogP contribution is -2.55. The van der Waals surface area contributed by atoms with Gasteiger partial charge in [0.1, 0.15) is 11.9 Å². The minimum absolute atomic E-state index is 0.228. The Kier molecular flexibility index (Phi) is 10.1. The Morgan fingerprint density at radius 1 is 0.667 bits per heavy atom. The van der Waals surface area contributed by atoms with Gasteiger partial charge in [0, 0.05) is 41.0 Å². The van der Waals surface area contributed by atoms with E-state index in [9.17, 15) is 0 Å². The van der Waals surface area contributed by atoms with Crippen LogP contribution in [-0.2, 0) is 4.74 Å². The lowest BCUT2D eigenvalue weighted by molar-refractivity contribution is -0.0298. The van der Waals surface area contributed by atoms with E-state index in [1.54, 1.807) is 16.8 Å². The molecule has 3 fully saturated rings. The number of nitrogens with zero attached hydrogens (tertiary/aromatic N) is 2. The lowest BCUT2D eigenvalue weighted by Gasteiger charge is -2.51. The molecule has 1 aromatic carbocycles. The second kappa shape index (κ2) is 15.8. The Hall–Kier alpha value is -3.72. The van der Waals surface area contributed by atoms with Crippen LogP contribution in [0.2, 0.25) is 0 Å². The first kappa shape index (κ1) is 36.4. The topological polar surface area (TPSA) is 15.7 Å². The van der Waals surface area contributed by atoms with Gasteiger partial charge in [0.2, 0.25) is 0 Å². The number of anilines is 1. The van der Waals surface area contributed by atoms with Gasteiger partial charge in [-0.3, -0.25) is 0 Å². The highest BCUT2D eigenvalue weighted by atomic mass is 16.5. The van der Waals surface area contributed by atoms with E-state index in [0.29, 0.717) is 47.7 Å². The van der Waals surface area contributed by atoms with Crippen LogP contribution in [0.15, 0.2) is 132 Å². The standard InChI is InChI=1S/C54H66N2O/c1-3-14-37(15-4-1)39-26-30-42(31-27-39)55(43-32-28-40(29-33-43)38-16-5-2-6-17-38)51-35-34-45(53-48-22-9-12-25-52(48)57-54(51)53)41-18-13-19-44(36-41)56-49-23-10-7-20-46(49)47-21-8-11-24-50(47)56/h1,3,5,7-8,10-11,16,20,22-26,28,30-32,37-41,43-45,47,51,53-54H,2,4,6,9,12-15,17-19,21,27,29,33-36H2. The Bertz CT molecular complexity index is 1950. The second-order valence-electron chi connectivity index (χ2n) is 19.6. The van der Waals surface area contributed by atoms with Crippen molar-refractivity contribution >= 4 is 5.69 Å². The summed E-state index contributed by atoms with van der Waals surface area (Å²) in [5.74, 6) is 6.59. The molecule has 3 nitrogen and oxygen atoms in total. The number of allylic oxidation sites excluding steroid dienone is 15. The Labute approximate surface area is 343 Å². The maximum absolute atomic E-state index is 7.37. The molecule has 1 saturated heterocycles. The molecule has 0 amide bonds. The van der Waals surface area contributed by atoms with Crippen molar-refractivity contribution in [2.75, 3.05) is 4.90 Å². The molecule has 10 aliphatic rings. The summed E-state index contributed by atoms with van der Waals surface area (Å²) in [5, 5.41) is 0. The van der Waals surface area contributed by atoms with Crippen LogP contribution in [0.1, 0.15) is 127 Å². The van der Waals surface area contributed by atoms with E-state index in [1.165, 1.54) is 120 Å². The number of hydrogen-bond acceptors (Lipinski definition) is 3. The fourth-order valence-corrected chi connectivity index (χ4v) is 13.9. The third-order valence-electron chi connectivity index (χ3n) is 16.7. The van der Waals surface area contributed by atoms with Crippen LogP contribution in [-0.4, -0.2) is 29.1 Å². The van der Waals surface area contributed by atoms with Gasteiger partial charge in [-0.05, 0) is 174 Å². The molecular weight excluding hydrogens is 693 g/mol. The van der Waals surface area contributed by atoms with Crippen molar-refractivity contribution in [3.8, 4) is 0 Å². The van der Waals surface area contributed by atoms with Crippen LogP contribution in [0.5, 0.6) is 0 Å². The van der Waals surface area contributed by atoms with Gasteiger partial charge in [-0.2, -0.15) is 0 Å². The molecular formula is C54H66N2O. The lowest BCUT2D eigenvalue weighted by atomic mass is 9.62. The average Bonchev–Trinajstić information content (AvgIpc) is 3.85. The van der Waals surface area contributed by atoms with Gasteiger partial charge in [-0.1, -0.05) is 97.9 Å². The average molecular weight is 759 g/mol. The molecule has 2 aliphatic heterocycles. The summed E-state index contributed by atoms with van der Waals surface area (Å²) in [6.45, 7) is 0. The van der Waals surface area contributed by atoms with Crippen molar-refractivity contribution in [2.45, 2.75) is 146 Å². The summed E-state index contributed by atoms with van der Waals surface area (Å²) in [4.78, 5) is 5.76. The maximum Gasteiger partial charge on any atom is 0.126 e. The highest BCUT2D eigenvalue weighted by Gasteiger charge is 2.54. The first-order valence-corrected chi connectivity index (χ1v) is 23.8. The number of ether oxygens (including phenoxy) is 1. The number of benzene rings is 1. The Balaban J connectivity index is 0.894. The first-order chi connectivity index (χ1) is 28.3. The van der Waals surface area contributed by atoms with Crippen molar-refractivity contribution in [1.82, 2.24) is 4.90 Å². The molecule has 298 valence electrons. The Morgan fingerprint density at radius 3 is 2.47 bits per heavy atom. The van der Waals surface area contributed by atoms with E-state index < -0.39 is 0 Å². The maximum atomic E-state index is 7.37. The van der Waals surface area contributed by atoms with Crippen LogP contribution >= 0.6 is 0 Å². The quantitative estimate of drug-likeness (QED) is 0.258. The zero-order valence-electron chi connectivity index (χ0n) is 34.4. The minimum atomic E-state index is 0.228. The van der Waals surface area contributed by atoms with Crippen LogP contribution < -0.4 is 4.90 Å². The molecule has 0 radical (unpaired) electrons. The zero-order valence-corrected chi connectivity index (χ0v) is 34.4. The summed E-state index contributed by atoms with van der Waals surface area (Å²) >= 11 is 0. The molecule has 2 heterocycles. The molecule has 0 spiro atoms. The van der Waals surface area contributed by atoms with E-state index in [1.807, 2.05) is 0 Å². The normalized spacial score (nSPS) is 39.2. The number of hydrogen-bond donors (Lipinski definition) is 0. The van der Waals surface area contributed by atoms with Crippen molar-refractivity contribution in [3.63, 3.8) is 0 Å². The van der Waals surface area contributed by atoms with Crippen molar-refractivity contribution < 1.29 is 4.74 Å². The summed E-state index contributed by atoms with van der Waals surface area (Å²) in [5.41, 5.74) is 7.67. The number of para-hydroxylation sites is 1. The summed E-state index contributed by atoms with van der Waals surface area (Å²) in [6.07, 6.45) is 58.3. The fraction of sp³-hybridized carbons (Fsp3) is 0.556. The third-order valence-corrected chi connectivity index (χ3v) is 16.7. The summed E-state index contributed by atoms with van der Waals surface area (Å²) in [6, 6.07) is 10.8. The fourth-order valence-electron chi connectivity index (χ4n) is 13.9. The molecule has 57 heavy (non-hydrogen) atoms. The van der Waals surface area contributed by atoms with Crippen molar-refractivity contribution in [1.29, 1.82) is 0 Å². The first-order valence-electron chi connectivity index (χ1n) is 23.8. The molecule has 11 rings (SSSR count). The molecule has 2 saturated carbocycles. The molecule has 0 N–H and O–H groups in total. The van der Waals surface area contributed by atoms with Gasteiger partial charge in [0.25, 0.3) is 0 Å². The van der Waals surface area contributed by atoms with Gasteiger partial charge in [-0.15, -0.1) is 0 Å². The van der Waals surface area contributed by atoms with E-state index in [2.05, 4.69) is 119 Å². The van der Waals surface area contributed by atoms with E-state index >= 15 is 0 Å². The minimum Gasteiger partial charge on any atom is -0.488 e. The molecule has 0 bridgehead atoms. The largest absolute Gasteiger partial charge is 0.488 e. The molecule has 0 aromatic heterocycles. The SMILES string of the molecule is C1=CCC2C(=C1)N(C1CCCC(C3CCC(N(C4=CCC(C5CC=CCC5)C=C4)C4C=CC(C5C=CCCC5)CC4)C4OC5=CCCC=C5C34)C1)c1ccccc12. The van der Waals surface area contributed by atoms with E-state index in [0.717, 1.165) is 30.6 Å². The predicted octanol–water partition coefficient (Wildman–Crippen LogP) is 13.2. The Morgan fingerprint density at radius 2 is 1.61 bits per heavy atom. The molecule has 12 atom stereocenters. The summed E-state index contributed by atoms with van der Waals surface area (Å²) in [7, 11) is 0. The molecule has 1 aromatic rings. The molecule has 12 unspecified atom stereocenters. The van der Waals surface area contributed by atoms with E-state index in [4.69, 9.17) is 4.74 Å². The van der Waals surface area contributed by atoms with Crippen LogP contribution in [0, 0.1) is 41.4 Å². The van der Waals surface area contributed by atoms with Crippen LogP contribution in [0.3, 0.4) is 0 Å². The van der Waals surface area contributed by atoms with Crippen LogP contribution in [0.4, 0.5) is 5.69 Å². The predicted molar refractivity (Wildman–Crippen MR) is 235 cm³/mol. The number of rotatable bonds is 7. The third kappa shape index (κ3) is 6.72. The van der Waals surface area contributed by atoms with Crippen molar-refractivity contribution in [2.24, 2.45) is 41.4 Å². The van der Waals surface area contributed by atoms with E-state index in [-0.39, 0.29) is 6.10 Å². The monoisotopic (exact) mass is 759 g/mol. The second-order valence-corrected chi connectivity index (χ2v) is 19.6. The van der Waals surface area contributed by atoms with Gasteiger partial charge >= 0.3 is 0 Å². The highest BCUT2D eigenvalue weighted by molar-refractivity contribution is 5.70. The van der Waals surface area contributed by atoms with Crippen LogP contribution in [0.25, 0.3) is 0 Å².